The monoisotopic (exact) mass is 303 g/mol. The number of hydrogen-bond donors (Lipinski definition) is 3. The van der Waals surface area contributed by atoms with Gasteiger partial charge in [-0.05, 0) is 18.9 Å². The highest BCUT2D eigenvalue weighted by molar-refractivity contribution is 6.37. The van der Waals surface area contributed by atoms with Crippen LogP contribution in [-0.4, -0.2) is 29.8 Å². The number of halogens is 2. The molecule has 0 amide bonds. The second-order valence-electron chi connectivity index (χ2n) is 4.88. The van der Waals surface area contributed by atoms with Crippen LogP contribution in [0.1, 0.15) is 25.7 Å². The first kappa shape index (κ1) is 14.7. The van der Waals surface area contributed by atoms with Gasteiger partial charge in [-0.1, -0.05) is 36.0 Å². The second-order valence-corrected chi connectivity index (χ2v) is 5.69. The number of aliphatic hydroxyl groups is 1. The largest absolute Gasteiger partial charge is 0.396 e. The van der Waals surface area contributed by atoms with E-state index in [-0.39, 0.29) is 18.6 Å². The summed E-state index contributed by atoms with van der Waals surface area (Å²) in [5.41, 5.74) is 0. The SMILES string of the molecule is CNc1nc(NC2CCCCC2CO)c(Cl)cc1Cl. The summed E-state index contributed by atoms with van der Waals surface area (Å²) in [6.45, 7) is 0.196. The lowest BCUT2D eigenvalue weighted by Crippen LogP contribution is -2.34. The topological polar surface area (TPSA) is 57.2 Å². The minimum atomic E-state index is 0.196. The van der Waals surface area contributed by atoms with Crippen molar-refractivity contribution in [1.82, 2.24) is 4.98 Å². The summed E-state index contributed by atoms with van der Waals surface area (Å²) in [6, 6.07) is 1.90. The Morgan fingerprint density at radius 1 is 1.26 bits per heavy atom. The molecule has 3 N–H and O–H groups in total. The van der Waals surface area contributed by atoms with Crippen LogP contribution in [0.2, 0.25) is 10.0 Å². The van der Waals surface area contributed by atoms with Gasteiger partial charge in [-0.15, -0.1) is 0 Å². The van der Waals surface area contributed by atoms with Crippen molar-refractivity contribution in [2.24, 2.45) is 5.92 Å². The molecule has 1 aliphatic carbocycles. The van der Waals surface area contributed by atoms with E-state index >= 15 is 0 Å². The van der Waals surface area contributed by atoms with Crippen molar-refractivity contribution in [3.8, 4) is 0 Å². The first-order chi connectivity index (χ1) is 9.15. The van der Waals surface area contributed by atoms with Gasteiger partial charge >= 0.3 is 0 Å². The maximum atomic E-state index is 9.43. The Morgan fingerprint density at radius 3 is 2.63 bits per heavy atom. The highest BCUT2D eigenvalue weighted by atomic mass is 35.5. The molecule has 19 heavy (non-hydrogen) atoms. The van der Waals surface area contributed by atoms with Gasteiger partial charge in [0.15, 0.2) is 0 Å². The zero-order chi connectivity index (χ0) is 13.8. The Kier molecular flexibility index (Phi) is 5.13. The van der Waals surface area contributed by atoms with Crippen molar-refractivity contribution in [1.29, 1.82) is 0 Å². The van der Waals surface area contributed by atoms with Crippen molar-refractivity contribution < 1.29 is 5.11 Å². The van der Waals surface area contributed by atoms with E-state index in [1.165, 1.54) is 6.42 Å². The third-order valence-corrected chi connectivity index (χ3v) is 4.21. The normalized spacial score (nSPS) is 23.2. The molecule has 106 valence electrons. The maximum absolute atomic E-state index is 9.43. The number of anilines is 2. The molecule has 0 aromatic carbocycles. The quantitative estimate of drug-likeness (QED) is 0.798. The third kappa shape index (κ3) is 3.44. The highest BCUT2D eigenvalue weighted by Gasteiger charge is 2.25. The predicted molar refractivity (Wildman–Crippen MR) is 80.3 cm³/mol. The van der Waals surface area contributed by atoms with E-state index in [1.807, 2.05) is 0 Å². The van der Waals surface area contributed by atoms with Crippen molar-refractivity contribution in [3.63, 3.8) is 0 Å². The van der Waals surface area contributed by atoms with Gasteiger partial charge in [0.1, 0.15) is 11.6 Å². The molecule has 0 aliphatic heterocycles. The maximum Gasteiger partial charge on any atom is 0.147 e. The van der Waals surface area contributed by atoms with Crippen LogP contribution in [0.15, 0.2) is 6.07 Å². The minimum Gasteiger partial charge on any atom is -0.396 e. The van der Waals surface area contributed by atoms with E-state index < -0.39 is 0 Å². The van der Waals surface area contributed by atoms with Crippen LogP contribution in [0.3, 0.4) is 0 Å². The summed E-state index contributed by atoms with van der Waals surface area (Å²) in [5, 5.41) is 16.7. The zero-order valence-corrected chi connectivity index (χ0v) is 12.4. The third-order valence-electron chi connectivity index (χ3n) is 3.63. The van der Waals surface area contributed by atoms with Crippen molar-refractivity contribution in [2.45, 2.75) is 31.7 Å². The number of rotatable bonds is 4. The number of aliphatic hydroxyl groups excluding tert-OH is 1. The van der Waals surface area contributed by atoms with E-state index in [2.05, 4.69) is 15.6 Å². The molecule has 0 radical (unpaired) electrons. The van der Waals surface area contributed by atoms with Crippen molar-refractivity contribution in [3.05, 3.63) is 16.1 Å². The molecular weight excluding hydrogens is 285 g/mol. The molecule has 1 aliphatic rings. The van der Waals surface area contributed by atoms with Crippen molar-refractivity contribution >= 4 is 34.8 Å². The lowest BCUT2D eigenvalue weighted by molar-refractivity contribution is 0.178. The molecule has 0 saturated heterocycles. The van der Waals surface area contributed by atoms with Gasteiger partial charge in [0, 0.05) is 25.6 Å². The number of nitrogens with zero attached hydrogens (tertiary/aromatic N) is 1. The molecule has 4 nitrogen and oxygen atoms in total. The molecule has 1 saturated carbocycles. The van der Waals surface area contributed by atoms with Crippen LogP contribution in [0, 0.1) is 5.92 Å². The van der Waals surface area contributed by atoms with Gasteiger partial charge in [-0.25, -0.2) is 4.98 Å². The minimum absolute atomic E-state index is 0.196. The van der Waals surface area contributed by atoms with E-state index in [9.17, 15) is 5.11 Å². The van der Waals surface area contributed by atoms with Crippen LogP contribution >= 0.6 is 23.2 Å². The fourth-order valence-corrected chi connectivity index (χ4v) is 3.04. The summed E-state index contributed by atoms with van der Waals surface area (Å²) < 4.78 is 0. The molecule has 0 bridgehead atoms. The lowest BCUT2D eigenvalue weighted by Gasteiger charge is -2.31. The molecular formula is C13H19Cl2N3O. The standard InChI is InChI=1S/C13H19Cl2N3O/c1-16-12-9(14)6-10(15)13(18-12)17-11-5-3-2-4-8(11)7-19/h6,8,11,19H,2-5,7H2,1H3,(H2,16,17,18). The lowest BCUT2D eigenvalue weighted by atomic mass is 9.85. The van der Waals surface area contributed by atoms with Gasteiger partial charge in [0.25, 0.3) is 0 Å². The van der Waals surface area contributed by atoms with Gasteiger partial charge in [0.2, 0.25) is 0 Å². The molecule has 2 rings (SSSR count). The van der Waals surface area contributed by atoms with E-state index in [0.717, 1.165) is 19.3 Å². The van der Waals surface area contributed by atoms with Crippen LogP contribution in [0.5, 0.6) is 0 Å². The van der Waals surface area contributed by atoms with E-state index in [4.69, 9.17) is 23.2 Å². The molecule has 6 heteroatoms. The molecule has 1 aromatic heterocycles. The van der Waals surface area contributed by atoms with Gasteiger partial charge in [-0.3, -0.25) is 0 Å². The van der Waals surface area contributed by atoms with Crippen LogP contribution in [0.25, 0.3) is 0 Å². The predicted octanol–water partition coefficient (Wildman–Crippen LogP) is 3.39. The van der Waals surface area contributed by atoms with E-state index in [0.29, 0.717) is 21.7 Å². The Balaban J connectivity index is 2.17. The van der Waals surface area contributed by atoms with Gasteiger partial charge in [0.05, 0.1) is 10.0 Å². The number of aromatic nitrogens is 1. The van der Waals surface area contributed by atoms with Crippen LogP contribution in [0.4, 0.5) is 11.6 Å². The summed E-state index contributed by atoms with van der Waals surface area (Å²) in [5.74, 6) is 1.49. The Labute approximate surface area is 123 Å². The van der Waals surface area contributed by atoms with Crippen molar-refractivity contribution in [2.75, 3.05) is 24.3 Å². The van der Waals surface area contributed by atoms with Crippen LogP contribution in [-0.2, 0) is 0 Å². The van der Waals surface area contributed by atoms with Gasteiger partial charge < -0.3 is 15.7 Å². The Morgan fingerprint density at radius 2 is 1.95 bits per heavy atom. The summed E-state index contributed by atoms with van der Waals surface area (Å²) in [7, 11) is 1.77. The molecule has 1 fully saturated rings. The second kappa shape index (κ2) is 6.64. The Bertz CT molecular complexity index is 442. The summed E-state index contributed by atoms with van der Waals surface area (Å²) in [6.07, 6.45) is 4.41. The molecule has 2 atom stereocenters. The number of nitrogens with one attached hydrogen (secondary N) is 2. The molecule has 0 spiro atoms. The number of hydrogen-bond acceptors (Lipinski definition) is 4. The Hall–Kier alpha value is -0.710. The smallest absolute Gasteiger partial charge is 0.147 e. The first-order valence-corrected chi connectivity index (χ1v) is 7.32. The van der Waals surface area contributed by atoms with Gasteiger partial charge in [-0.2, -0.15) is 0 Å². The number of pyridine rings is 1. The summed E-state index contributed by atoms with van der Waals surface area (Å²) in [4.78, 5) is 4.39. The molecule has 1 aromatic rings. The fraction of sp³-hybridized carbons (Fsp3) is 0.615. The summed E-state index contributed by atoms with van der Waals surface area (Å²) >= 11 is 12.2. The fourth-order valence-electron chi connectivity index (χ4n) is 2.53. The van der Waals surface area contributed by atoms with Crippen LogP contribution < -0.4 is 10.6 Å². The molecule has 2 unspecified atom stereocenters. The zero-order valence-electron chi connectivity index (χ0n) is 10.9. The average Bonchev–Trinajstić information content (AvgIpc) is 2.42. The first-order valence-electron chi connectivity index (χ1n) is 6.57. The average molecular weight is 304 g/mol. The highest BCUT2D eigenvalue weighted by Crippen LogP contribution is 2.32. The van der Waals surface area contributed by atoms with E-state index in [1.54, 1.807) is 13.1 Å². The molecule has 1 heterocycles.